The summed E-state index contributed by atoms with van der Waals surface area (Å²) in [4.78, 5) is 12.0. The van der Waals surface area contributed by atoms with E-state index in [0.717, 1.165) is 31.4 Å². The molecular weight excluding hydrogens is 248 g/mol. The lowest BCUT2D eigenvalue weighted by atomic mass is 9.78. The summed E-state index contributed by atoms with van der Waals surface area (Å²) in [5.41, 5.74) is -0.479. The molecule has 0 heterocycles. The molecule has 2 nitrogen and oxygen atoms in total. The summed E-state index contributed by atoms with van der Waals surface area (Å²) in [6.45, 7) is 4.22. The molecule has 1 aliphatic carbocycles. The Labute approximate surface area is 112 Å². The molecule has 0 bridgehead atoms. The van der Waals surface area contributed by atoms with Gasteiger partial charge in [-0.2, -0.15) is 0 Å². The van der Waals surface area contributed by atoms with Gasteiger partial charge in [-0.3, -0.25) is 4.79 Å². The third kappa shape index (κ3) is 2.94. The molecule has 1 aliphatic rings. The number of carbonyl (C=O) groups is 1. The van der Waals surface area contributed by atoms with Crippen molar-refractivity contribution in [2.75, 3.05) is 0 Å². The molecule has 3 unspecified atom stereocenters. The Kier molecular flexibility index (Phi) is 4.17. The van der Waals surface area contributed by atoms with Gasteiger partial charge in [-0.1, -0.05) is 32.8 Å². The van der Waals surface area contributed by atoms with E-state index in [1.807, 2.05) is 0 Å². The van der Waals surface area contributed by atoms with Crippen molar-refractivity contribution in [2.24, 2.45) is 11.8 Å². The number of amides is 1. The summed E-state index contributed by atoms with van der Waals surface area (Å²) in [6, 6.07) is 3.46. The van der Waals surface area contributed by atoms with Gasteiger partial charge in [-0.25, -0.2) is 8.78 Å². The van der Waals surface area contributed by atoms with E-state index in [-0.39, 0.29) is 6.04 Å². The topological polar surface area (TPSA) is 29.1 Å². The molecule has 0 saturated heterocycles. The van der Waals surface area contributed by atoms with Crippen molar-refractivity contribution in [3.05, 3.63) is 35.4 Å². The van der Waals surface area contributed by atoms with Crippen LogP contribution in [0.3, 0.4) is 0 Å². The van der Waals surface area contributed by atoms with Gasteiger partial charge in [0.1, 0.15) is 17.2 Å². The Bertz CT molecular complexity index is 455. The van der Waals surface area contributed by atoms with E-state index in [9.17, 15) is 13.6 Å². The van der Waals surface area contributed by atoms with E-state index < -0.39 is 23.1 Å². The zero-order valence-corrected chi connectivity index (χ0v) is 11.2. The van der Waals surface area contributed by atoms with E-state index in [2.05, 4.69) is 19.2 Å². The number of carbonyl (C=O) groups excluding carboxylic acids is 1. The fraction of sp³-hybridized carbons (Fsp3) is 0.533. The molecule has 0 radical (unpaired) electrons. The Morgan fingerprint density at radius 1 is 1.21 bits per heavy atom. The summed E-state index contributed by atoms with van der Waals surface area (Å²) in [5, 5.41) is 2.78. The van der Waals surface area contributed by atoms with Crippen molar-refractivity contribution in [1.29, 1.82) is 0 Å². The van der Waals surface area contributed by atoms with Crippen molar-refractivity contribution in [1.82, 2.24) is 5.32 Å². The summed E-state index contributed by atoms with van der Waals surface area (Å²) in [6.07, 6.45) is 3.05. The Morgan fingerprint density at radius 2 is 1.84 bits per heavy atom. The standard InChI is InChI=1S/C15H19F2NO/c1-9-5-3-8-13(10(9)2)18-15(19)14-11(16)6-4-7-12(14)17/h4,6-7,9-10,13H,3,5,8H2,1-2H3,(H,18,19). The second kappa shape index (κ2) is 5.68. The molecule has 19 heavy (non-hydrogen) atoms. The minimum atomic E-state index is -0.811. The zero-order valence-electron chi connectivity index (χ0n) is 11.2. The molecular formula is C15H19F2NO. The first-order valence-electron chi connectivity index (χ1n) is 6.75. The van der Waals surface area contributed by atoms with Crippen LogP contribution in [0.1, 0.15) is 43.5 Å². The number of hydrogen-bond acceptors (Lipinski definition) is 1. The summed E-state index contributed by atoms with van der Waals surface area (Å²) >= 11 is 0. The van der Waals surface area contributed by atoms with Crippen LogP contribution in [0.15, 0.2) is 18.2 Å². The van der Waals surface area contributed by atoms with E-state index in [1.165, 1.54) is 6.07 Å². The molecule has 1 aromatic carbocycles. The van der Waals surface area contributed by atoms with Gasteiger partial charge < -0.3 is 5.32 Å². The van der Waals surface area contributed by atoms with Crippen LogP contribution in [-0.2, 0) is 0 Å². The molecule has 0 aromatic heterocycles. The minimum Gasteiger partial charge on any atom is -0.349 e. The van der Waals surface area contributed by atoms with Crippen molar-refractivity contribution < 1.29 is 13.6 Å². The molecule has 4 heteroatoms. The van der Waals surface area contributed by atoms with Gasteiger partial charge in [-0.15, -0.1) is 0 Å². The molecule has 1 aromatic rings. The van der Waals surface area contributed by atoms with E-state index in [0.29, 0.717) is 11.8 Å². The third-order valence-electron chi connectivity index (χ3n) is 4.21. The van der Waals surface area contributed by atoms with Crippen LogP contribution in [-0.4, -0.2) is 11.9 Å². The van der Waals surface area contributed by atoms with Crippen LogP contribution in [0, 0.1) is 23.5 Å². The number of hydrogen-bond donors (Lipinski definition) is 1. The fourth-order valence-electron chi connectivity index (χ4n) is 2.74. The molecule has 1 saturated carbocycles. The number of nitrogens with one attached hydrogen (secondary N) is 1. The third-order valence-corrected chi connectivity index (χ3v) is 4.21. The Balaban J connectivity index is 2.13. The summed E-state index contributed by atoms with van der Waals surface area (Å²) in [7, 11) is 0. The van der Waals surface area contributed by atoms with Gasteiger partial charge in [0.2, 0.25) is 0 Å². The van der Waals surface area contributed by atoms with Gasteiger partial charge >= 0.3 is 0 Å². The minimum absolute atomic E-state index is 0.00439. The molecule has 1 N–H and O–H groups in total. The number of halogens is 2. The van der Waals surface area contributed by atoms with Crippen LogP contribution < -0.4 is 5.32 Å². The van der Waals surface area contributed by atoms with Gasteiger partial charge in [0.05, 0.1) is 0 Å². The first-order chi connectivity index (χ1) is 9.00. The average molecular weight is 267 g/mol. The molecule has 104 valence electrons. The number of benzene rings is 1. The van der Waals surface area contributed by atoms with Gasteiger partial charge in [0.15, 0.2) is 0 Å². The van der Waals surface area contributed by atoms with Crippen LogP contribution >= 0.6 is 0 Å². The first kappa shape index (κ1) is 14.0. The van der Waals surface area contributed by atoms with Crippen LogP contribution in [0.4, 0.5) is 8.78 Å². The molecule has 1 fully saturated rings. The lowest BCUT2D eigenvalue weighted by Gasteiger charge is -2.34. The summed E-state index contributed by atoms with van der Waals surface area (Å²) < 4.78 is 27.1. The smallest absolute Gasteiger partial charge is 0.257 e. The highest BCUT2D eigenvalue weighted by Crippen LogP contribution is 2.29. The molecule has 1 amide bonds. The van der Waals surface area contributed by atoms with Crippen molar-refractivity contribution in [2.45, 2.75) is 39.2 Å². The zero-order chi connectivity index (χ0) is 14.0. The highest BCUT2D eigenvalue weighted by atomic mass is 19.1. The molecule has 0 aliphatic heterocycles. The van der Waals surface area contributed by atoms with Crippen LogP contribution in [0.5, 0.6) is 0 Å². The van der Waals surface area contributed by atoms with E-state index in [1.54, 1.807) is 0 Å². The highest BCUT2D eigenvalue weighted by molar-refractivity contribution is 5.94. The van der Waals surface area contributed by atoms with Gasteiger partial charge in [-0.05, 0) is 30.4 Å². The monoisotopic (exact) mass is 267 g/mol. The second-order valence-electron chi connectivity index (χ2n) is 5.44. The second-order valence-corrected chi connectivity index (χ2v) is 5.44. The van der Waals surface area contributed by atoms with E-state index in [4.69, 9.17) is 0 Å². The molecule has 3 atom stereocenters. The largest absolute Gasteiger partial charge is 0.349 e. The van der Waals surface area contributed by atoms with Gasteiger partial charge in [0, 0.05) is 6.04 Å². The SMILES string of the molecule is CC1CCCC(NC(=O)c2c(F)cccc2F)C1C. The Morgan fingerprint density at radius 3 is 2.47 bits per heavy atom. The van der Waals surface area contributed by atoms with Crippen molar-refractivity contribution >= 4 is 5.91 Å². The van der Waals surface area contributed by atoms with Crippen molar-refractivity contribution in [3.8, 4) is 0 Å². The maximum atomic E-state index is 13.5. The van der Waals surface area contributed by atoms with Crippen molar-refractivity contribution in [3.63, 3.8) is 0 Å². The molecule has 2 rings (SSSR count). The lowest BCUT2D eigenvalue weighted by Crippen LogP contribution is -2.44. The first-order valence-corrected chi connectivity index (χ1v) is 6.75. The number of rotatable bonds is 2. The fourth-order valence-corrected chi connectivity index (χ4v) is 2.74. The average Bonchev–Trinajstić information content (AvgIpc) is 2.35. The molecule has 0 spiro atoms. The van der Waals surface area contributed by atoms with Crippen LogP contribution in [0.2, 0.25) is 0 Å². The Hall–Kier alpha value is -1.45. The summed E-state index contributed by atoms with van der Waals surface area (Å²) in [5.74, 6) is -1.43. The maximum Gasteiger partial charge on any atom is 0.257 e. The van der Waals surface area contributed by atoms with Crippen LogP contribution in [0.25, 0.3) is 0 Å². The normalized spacial score (nSPS) is 27.1. The highest BCUT2D eigenvalue weighted by Gasteiger charge is 2.29. The predicted octanol–water partition coefficient (Wildman–Crippen LogP) is 3.52. The quantitative estimate of drug-likeness (QED) is 0.872. The van der Waals surface area contributed by atoms with E-state index >= 15 is 0 Å². The predicted molar refractivity (Wildman–Crippen MR) is 69.8 cm³/mol. The lowest BCUT2D eigenvalue weighted by molar-refractivity contribution is 0.0882. The maximum absolute atomic E-state index is 13.5. The van der Waals surface area contributed by atoms with Gasteiger partial charge in [0.25, 0.3) is 5.91 Å².